The van der Waals surface area contributed by atoms with Gasteiger partial charge >= 0.3 is 0 Å². The molecule has 0 N–H and O–H groups in total. The fourth-order valence-electron chi connectivity index (χ4n) is 1.56. The Kier molecular flexibility index (Phi) is 2.40. The van der Waals surface area contributed by atoms with Gasteiger partial charge in [-0.1, -0.05) is 47.0 Å². The fourth-order valence-corrected chi connectivity index (χ4v) is 1.81. The maximum absolute atomic E-state index is 5.86. The topological polar surface area (TPSA) is 12.4 Å². The van der Waals surface area contributed by atoms with Crippen molar-refractivity contribution in [3.05, 3.63) is 47.1 Å². The van der Waals surface area contributed by atoms with E-state index in [1.165, 1.54) is 5.56 Å². The molecule has 1 aromatic carbocycles. The highest BCUT2D eigenvalue weighted by atomic mass is 35.5. The second-order valence-corrected chi connectivity index (χ2v) is 4.05. The Morgan fingerprint density at radius 1 is 1.29 bits per heavy atom. The lowest BCUT2D eigenvalue weighted by Gasteiger charge is -2.19. The van der Waals surface area contributed by atoms with Crippen molar-refractivity contribution in [2.24, 2.45) is 5.10 Å². The van der Waals surface area contributed by atoms with Crippen LogP contribution >= 0.6 is 11.6 Å². The Morgan fingerprint density at radius 3 is 2.57 bits per heavy atom. The molecule has 2 nitrogen and oxygen atoms in total. The van der Waals surface area contributed by atoms with E-state index < -0.39 is 0 Å². The summed E-state index contributed by atoms with van der Waals surface area (Å²) in [6, 6.07) is 10.3. The number of rotatable bonds is 2. The normalized spacial score (nSPS) is 25.1. The van der Waals surface area contributed by atoms with E-state index in [-0.39, 0.29) is 0 Å². The van der Waals surface area contributed by atoms with E-state index in [0.29, 0.717) is 9.62 Å². The summed E-state index contributed by atoms with van der Waals surface area (Å²) in [7, 11) is 2.03. The molecule has 1 unspecified atom stereocenters. The Balaban J connectivity index is 2.17. The van der Waals surface area contributed by atoms with Crippen LogP contribution in [0.25, 0.3) is 0 Å². The van der Waals surface area contributed by atoms with Crippen molar-refractivity contribution in [3.63, 3.8) is 0 Å². The average molecular weight is 208 g/mol. The van der Waals surface area contributed by atoms with E-state index in [4.69, 9.17) is 11.6 Å². The van der Waals surface area contributed by atoms with Crippen molar-refractivity contribution in [3.8, 4) is 0 Å². The molecular formula is C11H12ClN2+. The molecule has 0 amide bonds. The molecule has 0 aromatic heterocycles. The van der Waals surface area contributed by atoms with Gasteiger partial charge in [0.1, 0.15) is 24.0 Å². The first kappa shape index (κ1) is 9.44. The first-order valence-electron chi connectivity index (χ1n) is 4.51. The Bertz CT molecular complexity index is 384. The van der Waals surface area contributed by atoms with E-state index in [0.717, 1.165) is 6.54 Å². The zero-order valence-corrected chi connectivity index (χ0v) is 8.78. The molecule has 0 spiro atoms. The zero-order chi connectivity index (χ0) is 10.0. The van der Waals surface area contributed by atoms with E-state index in [2.05, 4.69) is 17.2 Å². The van der Waals surface area contributed by atoms with Crippen LogP contribution in [0.5, 0.6) is 0 Å². The standard InChI is InChI=1S/C11H12ClN2/c1-14(9-11(12)7-13-14)8-10-5-3-2-4-6-10/h2-7,9H,8H2,1H3/q+1. The number of quaternary nitrogens is 1. The maximum Gasteiger partial charge on any atom is 0.143 e. The number of allylic oxidation sites excluding steroid dienone is 1. The van der Waals surface area contributed by atoms with Crippen LogP contribution in [-0.2, 0) is 6.54 Å². The molecule has 0 saturated heterocycles. The second kappa shape index (κ2) is 3.56. The predicted molar refractivity (Wildman–Crippen MR) is 58.8 cm³/mol. The highest BCUT2D eigenvalue weighted by molar-refractivity contribution is 6.39. The van der Waals surface area contributed by atoms with E-state index in [1.807, 2.05) is 31.4 Å². The quantitative estimate of drug-likeness (QED) is 0.662. The van der Waals surface area contributed by atoms with E-state index >= 15 is 0 Å². The Labute approximate surface area is 88.7 Å². The van der Waals surface area contributed by atoms with Gasteiger partial charge in [-0.2, -0.15) is 4.59 Å². The van der Waals surface area contributed by atoms with Crippen LogP contribution < -0.4 is 0 Å². The third-order valence-electron chi connectivity index (χ3n) is 2.19. The molecule has 0 saturated carbocycles. The van der Waals surface area contributed by atoms with Crippen LogP contribution in [0.15, 0.2) is 46.7 Å². The molecule has 0 fully saturated rings. The molecule has 0 radical (unpaired) electrons. The molecule has 1 aliphatic rings. The minimum absolute atomic E-state index is 0.503. The third kappa shape index (κ3) is 2.03. The molecule has 3 heteroatoms. The van der Waals surface area contributed by atoms with Crippen molar-refractivity contribution in [1.29, 1.82) is 0 Å². The molecule has 0 bridgehead atoms. The number of hydrogen-bond acceptors (Lipinski definition) is 1. The summed E-state index contributed by atoms with van der Waals surface area (Å²) in [6.07, 6.45) is 3.64. The van der Waals surface area contributed by atoms with Gasteiger partial charge in [-0.25, -0.2) is 0 Å². The Morgan fingerprint density at radius 2 is 2.00 bits per heavy atom. The molecule has 2 rings (SSSR count). The maximum atomic E-state index is 5.86. The van der Waals surface area contributed by atoms with E-state index in [1.54, 1.807) is 6.21 Å². The molecular weight excluding hydrogens is 196 g/mol. The van der Waals surface area contributed by atoms with Crippen molar-refractivity contribution < 1.29 is 4.59 Å². The van der Waals surface area contributed by atoms with Crippen LogP contribution in [-0.4, -0.2) is 17.9 Å². The summed E-state index contributed by atoms with van der Waals surface area (Å²) in [6.45, 7) is 0.841. The first-order chi connectivity index (χ1) is 6.68. The number of halogens is 1. The molecule has 1 aromatic rings. The summed E-state index contributed by atoms with van der Waals surface area (Å²) < 4.78 is 0.503. The lowest BCUT2D eigenvalue weighted by atomic mass is 10.2. The summed E-state index contributed by atoms with van der Waals surface area (Å²) in [4.78, 5) is 0. The predicted octanol–water partition coefficient (Wildman–Crippen LogP) is 2.71. The largest absolute Gasteiger partial charge is 0.169 e. The lowest BCUT2D eigenvalue weighted by Crippen LogP contribution is -2.29. The summed E-state index contributed by atoms with van der Waals surface area (Å²) in [5.74, 6) is 0. The smallest absolute Gasteiger partial charge is 0.143 e. The molecule has 72 valence electrons. The van der Waals surface area contributed by atoms with Crippen LogP contribution in [0.2, 0.25) is 0 Å². The lowest BCUT2D eigenvalue weighted by molar-refractivity contribution is -0.877. The monoisotopic (exact) mass is 207 g/mol. The van der Waals surface area contributed by atoms with Gasteiger partial charge < -0.3 is 0 Å². The van der Waals surface area contributed by atoms with Gasteiger partial charge in [-0.05, 0) is 0 Å². The van der Waals surface area contributed by atoms with Crippen molar-refractivity contribution in [2.45, 2.75) is 6.54 Å². The zero-order valence-electron chi connectivity index (χ0n) is 8.02. The highest BCUT2D eigenvalue weighted by Gasteiger charge is 2.24. The molecule has 1 heterocycles. The molecule has 14 heavy (non-hydrogen) atoms. The molecule has 1 atom stereocenters. The van der Waals surface area contributed by atoms with Crippen LogP contribution in [0, 0.1) is 0 Å². The molecule has 1 aliphatic heterocycles. The fraction of sp³-hybridized carbons (Fsp3) is 0.182. The van der Waals surface area contributed by atoms with Crippen molar-refractivity contribution >= 4 is 17.8 Å². The van der Waals surface area contributed by atoms with Gasteiger partial charge in [0.15, 0.2) is 0 Å². The SMILES string of the molecule is C[N+]1(Cc2ccccc2)C=C(Cl)C=N1. The third-order valence-corrected chi connectivity index (χ3v) is 2.39. The van der Waals surface area contributed by atoms with Crippen LogP contribution in [0.1, 0.15) is 5.56 Å². The summed E-state index contributed by atoms with van der Waals surface area (Å²) in [5.41, 5.74) is 1.26. The van der Waals surface area contributed by atoms with Crippen LogP contribution in [0.4, 0.5) is 0 Å². The van der Waals surface area contributed by atoms with Crippen molar-refractivity contribution in [2.75, 3.05) is 7.05 Å². The van der Waals surface area contributed by atoms with Crippen LogP contribution in [0.3, 0.4) is 0 Å². The number of nitrogens with zero attached hydrogens (tertiary/aromatic N) is 2. The summed E-state index contributed by atoms with van der Waals surface area (Å²) >= 11 is 5.86. The van der Waals surface area contributed by atoms with Gasteiger partial charge in [-0.3, -0.25) is 0 Å². The minimum Gasteiger partial charge on any atom is -0.169 e. The van der Waals surface area contributed by atoms with Crippen molar-refractivity contribution in [1.82, 2.24) is 0 Å². The number of hydrogen-bond donors (Lipinski definition) is 0. The second-order valence-electron chi connectivity index (χ2n) is 3.62. The van der Waals surface area contributed by atoms with Gasteiger partial charge in [0.25, 0.3) is 0 Å². The average Bonchev–Trinajstić information content (AvgIpc) is 2.47. The van der Waals surface area contributed by atoms with Gasteiger partial charge in [-0.15, -0.1) is 0 Å². The number of benzene rings is 1. The first-order valence-corrected chi connectivity index (χ1v) is 4.89. The van der Waals surface area contributed by atoms with Gasteiger partial charge in [0.05, 0.1) is 7.05 Å². The van der Waals surface area contributed by atoms with Gasteiger partial charge in [0, 0.05) is 5.56 Å². The Hall–Kier alpha value is -1.12. The molecule has 0 aliphatic carbocycles. The van der Waals surface area contributed by atoms with Gasteiger partial charge in [0.2, 0.25) is 0 Å². The van der Waals surface area contributed by atoms with E-state index in [9.17, 15) is 0 Å². The minimum atomic E-state index is 0.503. The highest BCUT2D eigenvalue weighted by Crippen LogP contribution is 2.20. The summed E-state index contributed by atoms with van der Waals surface area (Å²) in [5, 5.41) is 5.04.